The van der Waals surface area contributed by atoms with Crippen LogP contribution in [0.15, 0.2) is 35.8 Å². The molecule has 0 fully saturated rings. The van der Waals surface area contributed by atoms with Crippen molar-refractivity contribution in [2.75, 3.05) is 0 Å². The molecule has 2 heterocycles. The second kappa shape index (κ2) is 3.93. The number of carboxylic acid groups (broad SMARTS) is 1. The molecule has 0 amide bonds. The van der Waals surface area contributed by atoms with Crippen LogP contribution in [0.25, 0.3) is 11.1 Å². The first-order valence-electron chi connectivity index (χ1n) is 4.40. The maximum Gasteiger partial charge on any atom is 0.336 e. The summed E-state index contributed by atoms with van der Waals surface area (Å²) >= 11 is 0. The third-order valence-corrected chi connectivity index (χ3v) is 2.03. The van der Waals surface area contributed by atoms with Crippen molar-refractivity contribution in [2.24, 2.45) is 0 Å². The molecule has 2 aromatic rings. The lowest BCUT2D eigenvalue weighted by molar-refractivity contribution is 0.0697. The minimum absolute atomic E-state index is 0.0708. The Hall–Kier alpha value is -2.50. The maximum atomic E-state index is 11.0. The van der Waals surface area contributed by atoms with Crippen LogP contribution in [0.2, 0.25) is 0 Å². The number of pyridine rings is 1. The van der Waals surface area contributed by atoms with Crippen molar-refractivity contribution in [3.63, 3.8) is 0 Å². The molecule has 2 aromatic heterocycles. The zero-order valence-corrected chi connectivity index (χ0v) is 8.04. The maximum absolute atomic E-state index is 11.0. The zero-order chi connectivity index (χ0) is 11.5. The minimum atomic E-state index is -1.16. The van der Waals surface area contributed by atoms with E-state index in [1.165, 1.54) is 24.9 Å². The fourth-order valence-electron chi connectivity index (χ4n) is 1.33. The van der Waals surface area contributed by atoms with Gasteiger partial charge in [-0.1, -0.05) is 0 Å². The molecular weight excluding hydrogens is 210 g/mol. The molecule has 0 saturated carbocycles. The van der Waals surface area contributed by atoms with Crippen LogP contribution < -0.4 is 5.56 Å². The molecule has 2 N–H and O–H groups in total. The Morgan fingerprint density at radius 3 is 2.62 bits per heavy atom. The lowest BCUT2D eigenvalue weighted by Gasteiger charge is -2.03. The monoisotopic (exact) mass is 217 g/mol. The first-order chi connectivity index (χ1) is 7.68. The Bertz CT molecular complexity index is 577. The summed E-state index contributed by atoms with van der Waals surface area (Å²) < 4.78 is 0. The third kappa shape index (κ3) is 1.81. The van der Waals surface area contributed by atoms with Gasteiger partial charge in [0.25, 0.3) is 0 Å². The van der Waals surface area contributed by atoms with Crippen molar-refractivity contribution in [3.8, 4) is 11.1 Å². The van der Waals surface area contributed by atoms with Crippen LogP contribution in [-0.4, -0.2) is 26.0 Å². The normalized spacial score (nSPS) is 10.0. The van der Waals surface area contributed by atoms with Crippen molar-refractivity contribution >= 4 is 5.97 Å². The van der Waals surface area contributed by atoms with Gasteiger partial charge >= 0.3 is 5.97 Å². The molecule has 6 nitrogen and oxygen atoms in total. The van der Waals surface area contributed by atoms with E-state index < -0.39 is 11.5 Å². The molecule has 0 aliphatic rings. The third-order valence-electron chi connectivity index (χ3n) is 2.03. The van der Waals surface area contributed by atoms with E-state index >= 15 is 0 Å². The largest absolute Gasteiger partial charge is 0.478 e. The number of hydrogen-bond acceptors (Lipinski definition) is 4. The van der Waals surface area contributed by atoms with Gasteiger partial charge in [0.05, 0.1) is 5.56 Å². The molecule has 0 aliphatic heterocycles. The summed E-state index contributed by atoms with van der Waals surface area (Å²) in [6.45, 7) is 0. The summed E-state index contributed by atoms with van der Waals surface area (Å²) in [4.78, 5) is 32.0. The fraction of sp³-hybridized carbons (Fsp3) is 0. The molecule has 0 aliphatic carbocycles. The Balaban J connectivity index is 2.66. The highest BCUT2D eigenvalue weighted by atomic mass is 16.4. The molecule has 6 heteroatoms. The highest BCUT2D eigenvalue weighted by molar-refractivity contribution is 5.95. The standard InChI is InChI=1S/C10H7N3O3/c14-9-1-7(10(15)16)8(4-13-9)6-2-11-5-12-3-6/h1-5H,(H,13,14)(H,15,16). The number of nitrogens with one attached hydrogen (secondary N) is 1. The average molecular weight is 217 g/mol. The molecule has 0 spiro atoms. The van der Waals surface area contributed by atoms with Crippen LogP contribution in [0.1, 0.15) is 10.4 Å². The first kappa shape index (κ1) is 10.0. The number of aromatic nitrogens is 3. The number of hydrogen-bond donors (Lipinski definition) is 2. The number of aromatic amines is 1. The molecule has 0 bridgehead atoms. The Labute approximate surface area is 89.6 Å². The van der Waals surface area contributed by atoms with Crippen LogP contribution in [0, 0.1) is 0 Å². The van der Waals surface area contributed by atoms with Gasteiger partial charge in [-0.2, -0.15) is 0 Å². The van der Waals surface area contributed by atoms with Crippen LogP contribution in [0.5, 0.6) is 0 Å². The highest BCUT2D eigenvalue weighted by Gasteiger charge is 2.12. The summed E-state index contributed by atoms with van der Waals surface area (Å²) in [6.07, 6.45) is 5.64. The molecule has 0 unspecified atom stereocenters. The molecule has 0 atom stereocenters. The highest BCUT2D eigenvalue weighted by Crippen LogP contribution is 2.19. The van der Waals surface area contributed by atoms with Gasteiger partial charge in [0.15, 0.2) is 0 Å². The van der Waals surface area contributed by atoms with Crippen molar-refractivity contribution in [1.29, 1.82) is 0 Å². The second-order valence-corrected chi connectivity index (χ2v) is 3.06. The molecular formula is C10H7N3O3. The molecule has 2 rings (SSSR count). The van der Waals surface area contributed by atoms with Gasteiger partial charge in [0.2, 0.25) is 5.56 Å². The number of rotatable bonds is 2. The summed E-state index contributed by atoms with van der Waals surface area (Å²) in [6, 6.07) is 1.03. The summed E-state index contributed by atoms with van der Waals surface area (Å²) in [7, 11) is 0. The van der Waals surface area contributed by atoms with Gasteiger partial charge in [0, 0.05) is 35.8 Å². The smallest absolute Gasteiger partial charge is 0.336 e. The molecule has 80 valence electrons. The summed E-state index contributed by atoms with van der Waals surface area (Å²) in [5, 5.41) is 8.96. The van der Waals surface area contributed by atoms with Gasteiger partial charge in [-0.25, -0.2) is 14.8 Å². The molecule has 0 saturated heterocycles. The summed E-state index contributed by atoms with van der Waals surface area (Å²) in [5.74, 6) is -1.16. The Morgan fingerprint density at radius 1 is 1.31 bits per heavy atom. The lowest BCUT2D eigenvalue weighted by atomic mass is 10.1. The average Bonchev–Trinajstić information content (AvgIpc) is 2.30. The SMILES string of the molecule is O=C(O)c1cc(=O)[nH]cc1-c1cncnc1. The molecule has 0 radical (unpaired) electrons. The van der Waals surface area contributed by atoms with Crippen LogP contribution in [-0.2, 0) is 0 Å². The second-order valence-electron chi connectivity index (χ2n) is 3.06. The first-order valence-corrected chi connectivity index (χ1v) is 4.40. The van der Waals surface area contributed by atoms with Gasteiger partial charge in [0.1, 0.15) is 6.33 Å². The van der Waals surface area contributed by atoms with E-state index in [1.54, 1.807) is 0 Å². The van der Waals surface area contributed by atoms with Gasteiger partial charge in [-0.15, -0.1) is 0 Å². The van der Waals surface area contributed by atoms with E-state index in [0.29, 0.717) is 11.1 Å². The van der Waals surface area contributed by atoms with Crippen molar-refractivity contribution in [1.82, 2.24) is 15.0 Å². The zero-order valence-electron chi connectivity index (χ0n) is 8.04. The van der Waals surface area contributed by atoms with E-state index in [2.05, 4.69) is 15.0 Å². The van der Waals surface area contributed by atoms with Gasteiger partial charge in [-0.3, -0.25) is 4.79 Å². The number of nitrogens with zero attached hydrogens (tertiary/aromatic N) is 2. The van der Waals surface area contributed by atoms with E-state index in [1.807, 2.05) is 0 Å². The predicted molar refractivity (Wildman–Crippen MR) is 55.0 cm³/mol. The van der Waals surface area contributed by atoms with E-state index in [9.17, 15) is 9.59 Å². The van der Waals surface area contributed by atoms with Gasteiger partial charge < -0.3 is 10.1 Å². The molecule has 16 heavy (non-hydrogen) atoms. The van der Waals surface area contributed by atoms with Crippen LogP contribution in [0.4, 0.5) is 0 Å². The Morgan fingerprint density at radius 2 is 2.00 bits per heavy atom. The molecule has 0 aromatic carbocycles. The minimum Gasteiger partial charge on any atom is -0.478 e. The Kier molecular flexibility index (Phi) is 2.47. The van der Waals surface area contributed by atoms with Crippen LogP contribution >= 0.6 is 0 Å². The van der Waals surface area contributed by atoms with E-state index in [0.717, 1.165) is 6.07 Å². The quantitative estimate of drug-likeness (QED) is 0.764. The number of carboxylic acids is 1. The number of H-pyrrole nitrogens is 1. The fourth-order valence-corrected chi connectivity index (χ4v) is 1.33. The lowest BCUT2D eigenvalue weighted by Crippen LogP contribution is -2.10. The van der Waals surface area contributed by atoms with Crippen LogP contribution in [0.3, 0.4) is 0 Å². The predicted octanol–water partition coefficient (Wildman–Crippen LogP) is 0.530. The summed E-state index contributed by atoms with van der Waals surface area (Å²) in [5.41, 5.74) is 0.389. The topological polar surface area (TPSA) is 95.9 Å². The van der Waals surface area contributed by atoms with Gasteiger partial charge in [-0.05, 0) is 0 Å². The van der Waals surface area contributed by atoms with E-state index in [4.69, 9.17) is 5.11 Å². The number of aromatic carboxylic acids is 1. The number of carbonyl (C=O) groups is 1. The van der Waals surface area contributed by atoms with E-state index in [-0.39, 0.29) is 5.56 Å². The van der Waals surface area contributed by atoms with Crippen molar-refractivity contribution < 1.29 is 9.90 Å². The van der Waals surface area contributed by atoms with Crippen molar-refractivity contribution in [3.05, 3.63) is 46.9 Å². The van der Waals surface area contributed by atoms with Crippen molar-refractivity contribution in [2.45, 2.75) is 0 Å².